The number of nitrogens with zero attached hydrogens (tertiary/aromatic N) is 2. The summed E-state index contributed by atoms with van der Waals surface area (Å²) in [5.74, 6) is 1.58. The molecule has 0 N–H and O–H groups in total. The second kappa shape index (κ2) is 4.40. The highest BCUT2D eigenvalue weighted by atomic mass is 15.4. The van der Waals surface area contributed by atoms with E-state index in [0.717, 1.165) is 18.6 Å². The first-order valence-corrected chi connectivity index (χ1v) is 7.12. The van der Waals surface area contributed by atoms with Crippen molar-refractivity contribution in [3.63, 3.8) is 0 Å². The first kappa shape index (κ1) is 11.2. The highest BCUT2D eigenvalue weighted by molar-refractivity contribution is 5.08. The Labute approximate surface area is 105 Å². The van der Waals surface area contributed by atoms with Crippen molar-refractivity contribution in [2.45, 2.75) is 51.6 Å². The molecule has 2 nitrogen and oxygen atoms in total. The van der Waals surface area contributed by atoms with Crippen LogP contribution in [0.2, 0.25) is 0 Å². The first-order valence-electron chi connectivity index (χ1n) is 7.12. The van der Waals surface area contributed by atoms with Gasteiger partial charge in [0.1, 0.15) is 0 Å². The summed E-state index contributed by atoms with van der Waals surface area (Å²) in [7, 11) is 0. The summed E-state index contributed by atoms with van der Waals surface area (Å²) in [6, 6.07) is 1.49. The van der Waals surface area contributed by atoms with Gasteiger partial charge in [-0.25, -0.2) is 0 Å². The van der Waals surface area contributed by atoms with Crippen LogP contribution in [0.5, 0.6) is 0 Å². The summed E-state index contributed by atoms with van der Waals surface area (Å²) in [4.78, 5) is 5.11. The van der Waals surface area contributed by atoms with Crippen molar-refractivity contribution in [1.29, 1.82) is 0 Å². The van der Waals surface area contributed by atoms with Crippen molar-refractivity contribution >= 4 is 0 Å². The van der Waals surface area contributed by atoms with Crippen molar-refractivity contribution in [2.24, 2.45) is 11.8 Å². The quantitative estimate of drug-likeness (QED) is 0.675. The standard InChI is InChI=1S/C15H24N2/c1-12-5-3-7-14(12)16-9-10-17(11-16)15-8-4-6-13(15)2/h3,5,9-10,12-15H,4,6-8,11H2,1-2H3/t12?,13?,14-,15-/m1/s1. The lowest BCUT2D eigenvalue weighted by atomic mass is 10.0. The molecule has 1 aliphatic heterocycles. The van der Waals surface area contributed by atoms with Crippen LogP contribution in [0.1, 0.15) is 39.5 Å². The third-order valence-corrected chi connectivity index (χ3v) is 4.87. The summed E-state index contributed by atoms with van der Waals surface area (Å²) in [5.41, 5.74) is 0. The SMILES string of the molecule is CC1C=CC[C@H]1N1C=CN([C@@H]2CCCC2C)C1. The van der Waals surface area contributed by atoms with E-state index in [1.807, 2.05) is 0 Å². The smallest absolute Gasteiger partial charge is 0.0899 e. The third-order valence-electron chi connectivity index (χ3n) is 4.87. The van der Waals surface area contributed by atoms with Gasteiger partial charge in [-0.05, 0) is 31.1 Å². The van der Waals surface area contributed by atoms with Gasteiger partial charge in [0.2, 0.25) is 0 Å². The highest BCUT2D eigenvalue weighted by Crippen LogP contribution is 2.33. The maximum Gasteiger partial charge on any atom is 0.0899 e. The third kappa shape index (κ3) is 1.98. The predicted molar refractivity (Wildman–Crippen MR) is 71.2 cm³/mol. The average Bonchev–Trinajstić information content (AvgIpc) is 2.97. The van der Waals surface area contributed by atoms with Gasteiger partial charge < -0.3 is 9.80 Å². The molecule has 0 bridgehead atoms. The van der Waals surface area contributed by atoms with Crippen molar-refractivity contribution in [2.75, 3.05) is 6.67 Å². The molecule has 0 aromatic rings. The summed E-state index contributed by atoms with van der Waals surface area (Å²) in [5, 5.41) is 0. The fourth-order valence-corrected chi connectivity index (χ4v) is 3.72. The molecule has 1 saturated carbocycles. The fourth-order valence-electron chi connectivity index (χ4n) is 3.72. The van der Waals surface area contributed by atoms with Crippen molar-refractivity contribution in [1.82, 2.24) is 9.80 Å². The fraction of sp³-hybridized carbons (Fsp3) is 0.733. The van der Waals surface area contributed by atoms with E-state index in [4.69, 9.17) is 0 Å². The topological polar surface area (TPSA) is 6.48 Å². The lowest BCUT2D eigenvalue weighted by molar-refractivity contribution is 0.148. The predicted octanol–water partition coefficient (Wildman–Crippen LogP) is 3.19. The van der Waals surface area contributed by atoms with Gasteiger partial charge in [-0.3, -0.25) is 0 Å². The van der Waals surface area contributed by atoms with Crippen molar-refractivity contribution in [3.05, 3.63) is 24.6 Å². The van der Waals surface area contributed by atoms with Gasteiger partial charge in [-0.15, -0.1) is 0 Å². The summed E-state index contributed by atoms with van der Waals surface area (Å²) >= 11 is 0. The van der Waals surface area contributed by atoms with Crippen LogP contribution < -0.4 is 0 Å². The van der Waals surface area contributed by atoms with Crippen LogP contribution in [-0.4, -0.2) is 28.6 Å². The molecule has 0 aromatic heterocycles. The molecule has 2 heteroatoms. The van der Waals surface area contributed by atoms with Crippen LogP contribution in [-0.2, 0) is 0 Å². The van der Waals surface area contributed by atoms with E-state index in [0.29, 0.717) is 12.0 Å². The Morgan fingerprint density at radius 1 is 1.00 bits per heavy atom. The van der Waals surface area contributed by atoms with Gasteiger partial charge in [0.05, 0.1) is 6.67 Å². The minimum absolute atomic E-state index is 0.702. The van der Waals surface area contributed by atoms with Gasteiger partial charge in [-0.1, -0.05) is 32.4 Å². The minimum Gasteiger partial charge on any atom is -0.355 e. The Morgan fingerprint density at radius 2 is 1.76 bits per heavy atom. The lowest BCUT2D eigenvalue weighted by Crippen LogP contribution is -2.40. The Morgan fingerprint density at radius 3 is 2.35 bits per heavy atom. The van der Waals surface area contributed by atoms with E-state index >= 15 is 0 Å². The molecule has 0 amide bonds. The molecule has 4 atom stereocenters. The average molecular weight is 232 g/mol. The molecule has 0 aromatic carbocycles. The van der Waals surface area contributed by atoms with Crippen LogP contribution in [0, 0.1) is 11.8 Å². The molecule has 17 heavy (non-hydrogen) atoms. The molecule has 2 unspecified atom stereocenters. The van der Waals surface area contributed by atoms with Crippen LogP contribution in [0.4, 0.5) is 0 Å². The molecule has 0 spiro atoms. The zero-order chi connectivity index (χ0) is 11.8. The van der Waals surface area contributed by atoms with Gasteiger partial charge in [0, 0.05) is 24.5 Å². The molecular weight excluding hydrogens is 208 g/mol. The van der Waals surface area contributed by atoms with Crippen LogP contribution >= 0.6 is 0 Å². The molecule has 3 aliphatic rings. The molecule has 94 valence electrons. The molecule has 1 heterocycles. The van der Waals surface area contributed by atoms with Gasteiger partial charge in [0.25, 0.3) is 0 Å². The maximum atomic E-state index is 2.57. The van der Waals surface area contributed by atoms with Crippen molar-refractivity contribution in [3.8, 4) is 0 Å². The summed E-state index contributed by atoms with van der Waals surface area (Å²) < 4.78 is 0. The van der Waals surface area contributed by atoms with E-state index < -0.39 is 0 Å². The molecular formula is C15H24N2. The van der Waals surface area contributed by atoms with Gasteiger partial charge >= 0.3 is 0 Å². The van der Waals surface area contributed by atoms with E-state index in [1.54, 1.807) is 0 Å². The molecule has 0 radical (unpaired) electrons. The summed E-state index contributed by atoms with van der Waals surface area (Å²) in [6.07, 6.45) is 14.8. The number of rotatable bonds is 2. The van der Waals surface area contributed by atoms with Crippen LogP contribution in [0.15, 0.2) is 24.6 Å². The zero-order valence-corrected chi connectivity index (χ0v) is 11.0. The molecule has 2 aliphatic carbocycles. The highest BCUT2D eigenvalue weighted by Gasteiger charge is 2.33. The Hall–Kier alpha value is -0.920. The second-order valence-corrected chi connectivity index (χ2v) is 6.03. The normalized spacial score (nSPS) is 40.8. The van der Waals surface area contributed by atoms with E-state index in [9.17, 15) is 0 Å². The monoisotopic (exact) mass is 232 g/mol. The first-order chi connectivity index (χ1) is 8.25. The largest absolute Gasteiger partial charge is 0.355 e. The molecule has 1 fully saturated rings. The van der Waals surface area contributed by atoms with E-state index in [2.05, 4.69) is 48.2 Å². The molecule has 0 saturated heterocycles. The number of hydrogen-bond acceptors (Lipinski definition) is 2. The van der Waals surface area contributed by atoms with Crippen molar-refractivity contribution < 1.29 is 0 Å². The lowest BCUT2D eigenvalue weighted by Gasteiger charge is -2.33. The summed E-state index contributed by atoms with van der Waals surface area (Å²) in [6.45, 7) is 5.86. The maximum absolute atomic E-state index is 2.57. The van der Waals surface area contributed by atoms with E-state index in [-0.39, 0.29) is 0 Å². The number of hydrogen-bond donors (Lipinski definition) is 0. The van der Waals surface area contributed by atoms with Crippen LogP contribution in [0.25, 0.3) is 0 Å². The second-order valence-electron chi connectivity index (χ2n) is 6.03. The minimum atomic E-state index is 0.702. The Bertz CT molecular complexity index is 324. The zero-order valence-electron chi connectivity index (χ0n) is 11.0. The van der Waals surface area contributed by atoms with Gasteiger partial charge in [-0.2, -0.15) is 0 Å². The Balaban J connectivity index is 1.61. The van der Waals surface area contributed by atoms with Crippen LogP contribution in [0.3, 0.4) is 0 Å². The van der Waals surface area contributed by atoms with E-state index in [1.165, 1.54) is 25.7 Å². The molecule has 3 rings (SSSR count). The van der Waals surface area contributed by atoms with Gasteiger partial charge in [0.15, 0.2) is 0 Å². The Kier molecular flexibility index (Phi) is 2.89.